The molecule has 32 heavy (non-hydrogen) atoms. The molecule has 1 N–H and O–H groups in total. The summed E-state index contributed by atoms with van der Waals surface area (Å²) in [5.41, 5.74) is 3.76. The first-order valence-electron chi connectivity index (χ1n) is 11.0. The molecule has 1 fully saturated rings. The van der Waals surface area contributed by atoms with Crippen molar-refractivity contribution in [1.82, 2.24) is 9.88 Å². The van der Waals surface area contributed by atoms with Crippen LogP contribution in [0.2, 0.25) is 5.02 Å². The zero-order valence-corrected chi connectivity index (χ0v) is 18.8. The molecule has 1 aromatic heterocycles. The van der Waals surface area contributed by atoms with Gasteiger partial charge in [-0.25, -0.2) is 4.98 Å². The quantitative estimate of drug-likeness (QED) is 0.548. The van der Waals surface area contributed by atoms with Crippen molar-refractivity contribution in [3.05, 3.63) is 83.1 Å². The number of halogens is 1. The van der Waals surface area contributed by atoms with Gasteiger partial charge < -0.3 is 9.84 Å². The lowest BCUT2D eigenvalue weighted by Gasteiger charge is -2.30. The van der Waals surface area contributed by atoms with Crippen LogP contribution in [-0.2, 0) is 0 Å². The maximum Gasteiger partial charge on any atom is 0.119 e. The standard InChI is InChI=1S/C27H27ClN2O2/c28-25-7-4-23(5-8-25)24-6-10-26(29-19-24)9-1-21-2-11-27(12-3-21)32-18-17-30-15-13-22(20-31)14-16-30/h2-8,10-12,19,22,31H,13-18,20H2. The Morgan fingerprint density at radius 2 is 1.66 bits per heavy atom. The third kappa shape index (κ3) is 6.34. The van der Waals surface area contributed by atoms with Crippen molar-refractivity contribution < 1.29 is 9.84 Å². The first kappa shape index (κ1) is 22.4. The van der Waals surface area contributed by atoms with E-state index in [0.717, 1.165) is 65.6 Å². The molecule has 1 saturated heterocycles. The van der Waals surface area contributed by atoms with Crippen molar-refractivity contribution in [3.8, 4) is 28.7 Å². The number of nitrogens with zero attached hydrogens (tertiary/aromatic N) is 2. The maximum atomic E-state index is 9.23. The molecule has 4 rings (SSSR count). The van der Waals surface area contributed by atoms with E-state index in [0.29, 0.717) is 19.1 Å². The van der Waals surface area contributed by atoms with E-state index in [1.54, 1.807) is 0 Å². The molecular weight excluding hydrogens is 420 g/mol. The molecule has 0 aliphatic carbocycles. The van der Waals surface area contributed by atoms with Gasteiger partial charge in [-0.2, -0.15) is 0 Å². The van der Waals surface area contributed by atoms with Crippen LogP contribution < -0.4 is 4.74 Å². The van der Waals surface area contributed by atoms with Crippen LogP contribution >= 0.6 is 11.6 Å². The number of piperidine rings is 1. The number of aliphatic hydroxyl groups excluding tert-OH is 1. The van der Waals surface area contributed by atoms with Crippen molar-refractivity contribution in [1.29, 1.82) is 0 Å². The van der Waals surface area contributed by atoms with Gasteiger partial charge in [0.25, 0.3) is 0 Å². The monoisotopic (exact) mass is 446 g/mol. The van der Waals surface area contributed by atoms with E-state index < -0.39 is 0 Å². The van der Waals surface area contributed by atoms with Gasteiger partial charge in [-0.3, -0.25) is 4.90 Å². The minimum absolute atomic E-state index is 0.310. The molecule has 0 radical (unpaired) electrons. The Hall–Kier alpha value is -2.84. The van der Waals surface area contributed by atoms with Gasteiger partial charge in [0, 0.05) is 35.5 Å². The van der Waals surface area contributed by atoms with E-state index in [9.17, 15) is 5.11 Å². The molecule has 2 heterocycles. The number of hydrogen-bond acceptors (Lipinski definition) is 4. The zero-order chi connectivity index (χ0) is 22.2. The Morgan fingerprint density at radius 3 is 2.31 bits per heavy atom. The molecule has 164 valence electrons. The van der Waals surface area contributed by atoms with E-state index in [2.05, 4.69) is 21.7 Å². The number of pyridine rings is 1. The molecule has 0 amide bonds. The number of benzene rings is 2. The minimum atomic E-state index is 0.310. The maximum absolute atomic E-state index is 9.23. The number of hydrogen-bond donors (Lipinski definition) is 1. The molecule has 1 aliphatic heterocycles. The Balaban J connectivity index is 1.26. The fraction of sp³-hybridized carbons (Fsp3) is 0.296. The molecule has 0 saturated carbocycles. The summed E-state index contributed by atoms with van der Waals surface area (Å²) in [7, 11) is 0. The van der Waals surface area contributed by atoms with Crippen molar-refractivity contribution >= 4 is 11.6 Å². The number of rotatable bonds is 6. The van der Waals surface area contributed by atoms with Crippen LogP contribution in [0.5, 0.6) is 5.75 Å². The van der Waals surface area contributed by atoms with E-state index in [1.807, 2.05) is 66.9 Å². The van der Waals surface area contributed by atoms with Crippen LogP contribution in [-0.4, -0.2) is 47.8 Å². The summed E-state index contributed by atoms with van der Waals surface area (Å²) in [5, 5.41) is 9.95. The second-order valence-electron chi connectivity index (χ2n) is 8.03. The summed E-state index contributed by atoms with van der Waals surface area (Å²) in [4.78, 5) is 6.86. The van der Waals surface area contributed by atoms with Crippen molar-refractivity contribution in [2.24, 2.45) is 5.92 Å². The van der Waals surface area contributed by atoms with Gasteiger partial charge in [-0.05, 0) is 85.8 Å². The van der Waals surface area contributed by atoms with Gasteiger partial charge >= 0.3 is 0 Å². The van der Waals surface area contributed by atoms with Crippen LogP contribution in [0.15, 0.2) is 66.9 Å². The lowest BCUT2D eigenvalue weighted by atomic mass is 9.98. The normalized spacial score (nSPS) is 14.6. The SMILES string of the molecule is OCC1CCN(CCOc2ccc(C#Cc3ccc(-c4ccc(Cl)cc4)cn3)cc2)CC1. The summed E-state index contributed by atoms with van der Waals surface area (Å²) in [6.45, 7) is 3.97. The molecule has 0 unspecified atom stereocenters. The Kier molecular flexibility index (Phi) is 7.79. The predicted molar refractivity (Wildman–Crippen MR) is 129 cm³/mol. The lowest BCUT2D eigenvalue weighted by Crippen LogP contribution is -2.37. The molecule has 0 atom stereocenters. The third-order valence-corrected chi connectivity index (χ3v) is 6.02. The number of aliphatic hydroxyl groups is 1. The van der Waals surface area contributed by atoms with Crippen LogP contribution in [0.1, 0.15) is 24.1 Å². The summed E-state index contributed by atoms with van der Waals surface area (Å²) >= 11 is 5.95. The average molecular weight is 447 g/mol. The summed E-state index contributed by atoms with van der Waals surface area (Å²) in [5.74, 6) is 7.60. The van der Waals surface area contributed by atoms with E-state index in [-0.39, 0.29) is 0 Å². The number of aromatic nitrogens is 1. The number of likely N-dealkylation sites (tertiary alicyclic amines) is 1. The van der Waals surface area contributed by atoms with Gasteiger partial charge in [0.2, 0.25) is 0 Å². The fourth-order valence-corrected chi connectivity index (χ4v) is 3.86. The van der Waals surface area contributed by atoms with E-state index >= 15 is 0 Å². The van der Waals surface area contributed by atoms with Gasteiger partial charge in [-0.1, -0.05) is 35.7 Å². The van der Waals surface area contributed by atoms with Crippen molar-refractivity contribution in [2.75, 3.05) is 32.8 Å². The molecule has 5 heteroatoms. The topological polar surface area (TPSA) is 45.6 Å². The van der Waals surface area contributed by atoms with Crippen LogP contribution in [0, 0.1) is 17.8 Å². The van der Waals surface area contributed by atoms with E-state index in [1.165, 1.54) is 0 Å². The summed E-state index contributed by atoms with van der Waals surface area (Å²) < 4.78 is 5.88. The van der Waals surface area contributed by atoms with Gasteiger partial charge in [0.15, 0.2) is 0 Å². The molecule has 3 aromatic rings. The Labute approximate surface area is 194 Å². The predicted octanol–water partition coefficient (Wildman–Crippen LogP) is 4.88. The largest absolute Gasteiger partial charge is 0.492 e. The Bertz CT molecular complexity index is 1050. The average Bonchev–Trinajstić information content (AvgIpc) is 2.85. The molecular formula is C27H27ClN2O2. The zero-order valence-electron chi connectivity index (χ0n) is 18.0. The van der Waals surface area contributed by atoms with Crippen LogP contribution in [0.25, 0.3) is 11.1 Å². The van der Waals surface area contributed by atoms with Crippen LogP contribution in [0.4, 0.5) is 0 Å². The van der Waals surface area contributed by atoms with Crippen LogP contribution in [0.3, 0.4) is 0 Å². The highest BCUT2D eigenvalue weighted by Gasteiger charge is 2.17. The highest BCUT2D eigenvalue weighted by Crippen LogP contribution is 2.21. The molecule has 4 nitrogen and oxygen atoms in total. The van der Waals surface area contributed by atoms with Gasteiger partial charge in [0.1, 0.15) is 18.1 Å². The van der Waals surface area contributed by atoms with Gasteiger partial charge in [0.05, 0.1) is 0 Å². The molecule has 0 bridgehead atoms. The Morgan fingerprint density at radius 1 is 0.938 bits per heavy atom. The molecule has 1 aliphatic rings. The second kappa shape index (κ2) is 11.2. The lowest BCUT2D eigenvalue weighted by molar-refractivity contribution is 0.119. The molecule has 0 spiro atoms. The highest BCUT2D eigenvalue weighted by atomic mass is 35.5. The molecule has 2 aromatic carbocycles. The summed E-state index contributed by atoms with van der Waals surface area (Å²) in [6.07, 6.45) is 3.97. The highest BCUT2D eigenvalue weighted by molar-refractivity contribution is 6.30. The first-order valence-corrected chi connectivity index (χ1v) is 11.4. The fourth-order valence-electron chi connectivity index (χ4n) is 3.74. The van der Waals surface area contributed by atoms with E-state index in [4.69, 9.17) is 16.3 Å². The van der Waals surface area contributed by atoms with Gasteiger partial charge in [-0.15, -0.1) is 0 Å². The first-order chi connectivity index (χ1) is 15.7. The van der Waals surface area contributed by atoms with Crippen molar-refractivity contribution in [3.63, 3.8) is 0 Å². The summed E-state index contributed by atoms with van der Waals surface area (Å²) in [6, 6.07) is 19.5. The smallest absolute Gasteiger partial charge is 0.119 e. The minimum Gasteiger partial charge on any atom is -0.492 e. The third-order valence-electron chi connectivity index (χ3n) is 5.77. The number of ether oxygens (including phenoxy) is 1. The second-order valence-corrected chi connectivity index (χ2v) is 8.47. The van der Waals surface area contributed by atoms with Crippen molar-refractivity contribution in [2.45, 2.75) is 12.8 Å².